The van der Waals surface area contributed by atoms with Crippen molar-refractivity contribution < 1.29 is 4.42 Å². The number of para-hydroxylation sites is 3. The maximum Gasteiger partial charge on any atom is 0.233 e. The molecule has 9 aromatic heterocycles. The molecule has 0 radical (unpaired) electrons. The van der Waals surface area contributed by atoms with E-state index in [2.05, 4.69) is 343 Å². The van der Waals surface area contributed by atoms with Gasteiger partial charge in [0.2, 0.25) is 5.71 Å². The zero-order valence-corrected chi connectivity index (χ0v) is 77.5. The molecular formula is C126H74N12OS2. The summed E-state index contributed by atoms with van der Waals surface area (Å²) in [6, 6.07) is 150. The Kier molecular flexibility index (Phi) is 18.9. The molecule has 15 heteroatoms. The van der Waals surface area contributed by atoms with E-state index >= 15 is 0 Å². The molecule has 9 heterocycles. The quantitative estimate of drug-likeness (QED) is 0.135. The van der Waals surface area contributed by atoms with Crippen LogP contribution in [0.1, 0.15) is 41.8 Å². The summed E-state index contributed by atoms with van der Waals surface area (Å²) >= 11 is 3.48. The lowest BCUT2D eigenvalue weighted by molar-refractivity contribution is 0.635. The number of fused-ring (bicyclic) bond motifs is 24. The summed E-state index contributed by atoms with van der Waals surface area (Å²) in [7, 11) is 0. The number of nitrogens with zero attached hydrogens (tertiary/aromatic N) is 12. The highest BCUT2D eigenvalue weighted by Crippen LogP contribution is 2.54. The lowest BCUT2D eigenvalue weighted by Gasteiger charge is -2.22. The lowest BCUT2D eigenvalue weighted by Crippen LogP contribution is -2.18. The Bertz CT molecular complexity index is 10300. The van der Waals surface area contributed by atoms with Gasteiger partial charge < -0.3 is 4.42 Å². The van der Waals surface area contributed by atoms with Gasteiger partial charge in [0.1, 0.15) is 16.2 Å². The molecule has 0 aliphatic heterocycles. The molecule has 0 atom stereocenters. The maximum absolute atomic E-state index is 9.60. The smallest absolute Gasteiger partial charge is 0.233 e. The molecule has 141 heavy (non-hydrogen) atoms. The SMILES string of the molecule is CC1(C)c2cc(-c3cccc(C#N)c3)ccc2-c2c(-n3c4ccccc4c4cc5ccccc5cc43)nc(-c3ccccc3)nc21.N#Cc1ccc(-c2ccc3c(c2)sc2nc(-c4ccccc4)nc(-n4c5ccccc5c5cc6ccccc6cc54)c23)cc1.N#Cc1cccc(-c2ccc3oc4nc(-c5ccc6c(c5)sc5ccccc56)nc(-n5c6ccccc6c6cc7ccccc7cc65)c4c3c2)c1. The van der Waals surface area contributed by atoms with Gasteiger partial charge in [-0.3, -0.25) is 13.7 Å². The van der Waals surface area contributed by atoms with Gasteiger partial charge in [0, 0.05) is 95.6 Å². The fourth-order valence-electron chi connectivity index (χ4n) is 21.2. The first-order valence-corrected chi connectivity index (χ1v) is 48.5. The summed E-state index contributed by atoms with van der Waals surface area (Å²) < 4.78 is 17.2. The van der Waals surface area contributed by atoms with Crippen molar-refractivity contribution in [2.45, 2.75) is 19.3 Å². The minimum Gasteiger partial charge on any atom is -0.437 e. The molecule has 0 bridgehead atoms. The molecule has 0 fully saturated rings. The number of benzene rings is 19. The van der Waals surface area contributed by atoms with Gasteiger partial charge in [-0.25, -0.2) is 24.9 Å². The van der Waals surface area contributed by atoms with E-state index < -0.39 is 0 Å². The number of nitriles is 3. The van der Waals surface area contributed by atoms with Crippen LogP contribution in [0.3, 0.4) is 0 Å². The second kappa shape index (κ2) is 32.5. The zero-order chi connectivity index (χ0) is 93.8. The summed E-state index contributed by atoms with van der Waals surface area (Å²) in [4.78, 5) is 32.8. The third-order valence-electron chi connectivity index (χ3n) is 28.0. The third-order valence-corrected chi connectivity index (χ3v) is 30.2. The Morgan fingerprint density at radius 3 is 1.24 bits per heavy atom. The van der Waals surface area contributed by atoms with E-state index in [1.807, 2.05) is 115 Å². The fraction of sp³-hybridized carbons (Fsp3) is 0.0238. The Morgan fingerprint density at radius 2 is 0.674 bits per heavy atom. The highest BCUT2D eigenvalue weighted by atomic mass is 32.1. The Balaban J connectivity index is 0.000000106. The summed E-state index contributed by atoms with van der Waals surface area (Å²) in [6.07, 6.45) is 0. The second-order valence-electron chi connectivity index (χ2n) is 36.5. The molecule has 1 aliphatic carbocycles. The number of rotatable bonds is 9. The zero-order valence-electron chi connectivity index (χ0n) is 75.9. The number of thiophene rings is 2. The van der Waals surface area contributed by atoms with Crippen molar-refractivity contribution in [2.24, 2.45) is 0 Å². The van der Waals surface area contributed by atoms with Crippen molar-refractivity contribution in [3.8, 4) is 114 Å². The van der Waals surface area contributed by atoms with Gasteiger partial charge >= 0.3 is 0 Å². The molecule has 0 unspecified atom stereocenters. The van der Waals surface area contributed by atoms with Gasteiger partial charge in [0.05, 0.1) is 84.5 Å². The van der Waals surface area contributed by atoms with E-state index in [1.165, 1.54) is 74.2 Å². The minimum absolute atomic E-state index is 0.389. The number of hydrogen-bond donors (Lipinski definition) is 0. The topological polar surface area (TPSA) is 177 Å². The van der Waals surface area contributed by atoms with Crippen LogP contribution in [-0.4, -0.2) is 43.6 Å². The molecule has 656 valence electrons. The van der Waals surface area contributed by atoms with Gasteiger partial charge in [0.15, 0.2) is 29.1 Å². The van der Waals surface area contributed by atoms with Crippen LogP contribution in [0.25, 0.3) is 256 Å². The van der Waals surface area contributed by atoms with Crippen molar-refractivity contribution in [3.05, 3.63) is 440 Å². The van der Waals surface area contributed by atoms with E-state index in [0.29, 0.717) is 39.9 Å². The molecule has 0 saturated carbocycles. The normalized spacial score (nSPS) is 12.2. The molecule has 0 N–H and O–H groups in total. The molecule has 1 aliphatic rings. The summed E-state index contributed by atoms with van der Waals surface area (Å²) in [5, 5.41) is 49.1. The third kappa shape index (κ3) is 13.5. The van der Waals surface area contributed by atoms with Crippen molar-refractivity contribution >= 4 is 183 Å². The van der Waals surface area contributed by atoms with E-state index in [4.69, 9.17) is 34.3 Å². The van der Waals surface area contributed by atoms with Crippen LogP contribution in [0.15, 0.2) is 417 Å². The fourth-order valence-corrected chi connectivity index (χ4v) is 23.5. The van der Waals surface area contributed by atoms with Gasteiger partial charge in [0.25, 0.3) is 0 Å². The van der Waals surface area contributed by atoms with Gasteiger partial charge in [-0.05, 0) is 204 Å². The van der Waals surface area contributed by atoms with Crippen molar-refractivity contribution in [1.29, 1.82) is 15.8 Å². The summed E-state index contributed by atoms with van der Waals surface area (Å²) in [5.41, 5.74) is 22.9. The molecule has 13 nitrogen and oxygen atoms in total. The van der Waals surface area contributed by atoms with Crippen LogP contribution in [-0.2, 0) is 5.41 Å². The number of hydrogen-bond acceptors (Lipinski definition) is 12. The first-order valence-electron chi connectivity index (χ1n) is 46.8. The minimum atomic E-state index is -0.389. The largest absolute Gasteiger partial charge is 0.437 e. The van der Waals surface area contributed by atoms with Crippen molar-refractivity contribution in [3.63, 3.8) is 0 Å². The monoisotopic (exact) mass is 1830 g/mol. The first kappa shape index (κ1) is 81.8. The summed E-state index contributed by atoms with van der Waals surface area (Å²) in [5.74, 6) is 4.55. The van der Waals surface area contributed by atoms with Crippen LogP contribution in [0.2, 0.25) is 0 Å². The summed E-state index contributed by atoms with van der Waals surface area (Å²) in [6.45, 7) is 4.52. The first-order chi connectivity index (χ1) is 69.5. The molecular weight excluding hydrogens is 1760 g/mol. The van der Waals surface area contributed by atoms with E-state index in [-0.39, 0.29) is 5.41 Å². The van der Waals surface area contributed by atoms with Crippen LogP contribution in [0.5, 0.6) is 0 Å². The maximum atomic E-state index is 9.60. The van der Waals surface area contributed by atoms with E-state index in [1.54, 1.807) is 22.7 Å². The van der Waals surface area contributed by atoms with Crippen molar-refractivity contribution in [1.82, 2.24) is 43.6 Å². The van der Waals surface area contributed by atoms with Crippen molar-refractivity contribution in [2.75, 3.05) is 0 Å². The average Bonchev–Trinajstić information content (AvgIpc) is 1.51. The predicted octanol–water partition coefficient (Wildman–Crippen LogP) is 32.7. The standard InChI is InChI=1S/C45H24N4OS.C42H28N4.C39H22N4S/c46-25-26-8-7-11-27(20-26)30-17-19-39-36(22-30)42-44(49-37-14-5-3-12-32(37)35-21-28-9-1-2-10-29(28)23-38(35)49)47-43(48-45(42)50-39)31-16-18-34-33-13-4-6-15-40(33)51-41(34)24-31;1-42(2)35-23-31(28-16-10-11-26(21-28)25-43)19-20-33(35)38-39(42)44-40(27-12-4-3-5-13-27)45-41(38)46-36-18-9-8-17-32(36)34-22-29-14-6-7-15-30(29)24-37(34)46;40-23-24-14-16-25(17-15-24)29-18-19-31-35(22-29)44-39-36(31)38(41-37(42-39)26-8-2-1-3-9-26)43-33-13-7-6-12-30(33)32-20-27-10-4-5-11-28(27)21-34(32)43/h1-24H;3-24H,1-2H3;1-22H. The lowest BCUT2D eigenvalue weighted by atomic mass is 9.84. The van der Waals surface area contributed by atoms with Crippen LogP contribution in [0, 0.1) is 34.0 Å². The molecule has 0 amide bonds. The molecule has 19 aromatic carbocycles. The van der Waals surface area contributed by atoms with Gasteiger partial charge in [-0.15, -0.1) is 22.7 Å². The van der Waals surface area contributed by atoms with Crippen LogP contribution < -0.4 is 0 Å². The molecule has 0 spiro atoms. The second-order valence-corrected chi connectivity index (χ2v) is 38.6. The van der Waals surface area contributed by atoms with Crippen LogP contribution in [0.4, 0.5) is 0 Å². The Hall–Kier alpha value is -18.7. The van der Waals surface area contributed by atoms with Crippen LogP contribution >= 0.6 is 22.7 Å². The van der Waals surface area contributed by atoms with E-state index in [0.717, 1.165) is 170 Å². The average molecular weight is 1840 g/mol. The molecule has 0 saturated heterocycles. The highest BCUT2D eigenvalue weighted by Gasteiger charge is 2.41. The highest BCUT2D eigenvalue weighted by molar-refractivity contribution is 7.26. The molecule has 28 aromatic rings. The van der Waals surface area contributed by atoms with E-state index in [9.17, 15) is 15.8 Å². The number of aromatic nitrogens is 9. The number of furan rings is 1. The van der Waals surface area contributed by atoms with Gasteiger partial charge in [-0.2, -0.15) is 20.8 Å². The molecule has 29 rings (SSSR count). The Labute approximate surface area is 814 Å². The van der Waals surface area contributed by atoms with Gasteiger partial charge in [-0.1, -0.05) is 299 Å². The predicted molar refractivity (Wildman–Crippen MR) is 579 cm³/mol. The Morgan fingerprint density at radius 1 is 0.262 bits per heavy atom.